The van der Waals surface area contributed by atoms with Crippen LogP contribution in [0.25, 0.3) is 0 Å². The van der Waals surface area contributed by atoms with Gasteiger partial charge in [-0.25, -0.2) is 13.2 Å². The Kier molecular flexibility index (Phi) is 12.7. The lowest BCUT2D eigenvalue weighted by molar-refractivity contribution is -0.144. The van der Waals surface area contributed by atoms with E-state index in [1.165, 1.54) is 0 Å². The molecule has 3 saturated carbocycles. The second-order valence-corrected chi connectivity index (χ2v) is 19.8. The van der Waals surface area contributed by atoms with Crippen molar-refractivity contribution in [2.45, 2.75) is 160 Å². The minimum atomic E-state index is -3.55. The first-order valence-electron chi connectivity index (χ1n) is 19.1. The van der Waals surface area contributed by atoms with Gasteiger partial charge in [0.25, 0.3) is 5.91 Å². The number of rotatable bonds is 14. The van der Waals surface area contributed by atoms with Crippen molar-refractivity contribution in [3.63, 3.8) is 0 Å². The van der Waals surface area contributed by atoms with E-state index >= 15 is 0 Å². The number of nitrogens with zero attached hydrogens (tertiary/aromatic N) is 1. The van der Waals surface area contributed by atoms with Crippen LogP contribution in [0.4, 0.5) is 4.79 Å². The van der Waals surface area contributed by atoms with Crippen molar-refractivity contribution in [3.05, 3.63) is 0 Å². The van der Waals surface area contributed by atoms with E-state index < -0.39 is 61.9 Å². The van der Waals surface area contributed by atoms with E-state index in [9.17, 15) is 32.4 Å². The third-order valence-corrected chi connectivity index (χ3v) is 14.8. The topological polar surface area (TPSA) is 171 Å². The van der Waals surface area contributed by atoms with Crippen LogP contribution < -0.4 is 21.3 Å². The minimum Gasteiger partial charge on any atom is -0.349 e. The second kappa shape index (κ2) is 15.9. The highest BCUT2D eigenvalue weighted by Crippen LogP contribution is 2.65. The van der Waals surface area contributed by atoms with Crippen molar-refractivity contribution >= 4 is 39.4 Å². The molecule has 13 heteroatoms. The number of nitrogens with one attached hydrogen (secondary N) is 4. The van der Waals surface area contributed by atoms with Gasteiger partial charge in [0.15, 0.2) is 9.84 Å². The molecular formula is C37H63N5O7S. The predicted octanol–water partition coefficient (Wildman–Crippen LogP) is 4.01. The Hall–Kier alpha value is -2.70. The van der Waals surface area contributed by atoms with E-state index in [0.717, 1.165) is 51.4 Å². The number of carbonyl (C=O) groups excluding carboxylic acids is 5. The number of sulfone groups is 1. The molecule has 4 N–H and O–H groups in total. The molecule has 0 radical (unpaired) electrons. The number of piperidine rings is 1. The van der Waals surface area contributed by atoms with Gasteiger partial charge in [0, 0.05) is 13.1 Å². The Morgan fingerprint density at radius 3 is 2.08 bits per heavy atom. The van der Waals surface area contributed by atoms with Gasteiger partial charge in [-0.05, 0) is 82.5 Å². The lowest BCUT2D eigenvalue weighted by Crippen LogP contribution is -2.63. The quantitative estimate of drug-likeness (QED) is 0.196. The third-order valence-electron chi connectivity index (χ3n) is 12.0. The molecule has 4 rings (SSSR count). The van der Waals surface area contributed by atoms with Crippen LogP contribution in [-0.4, -0.2) is 90.1 Å². The van der Waals surface area contributed by atoms with Crippen LogP contribution in [0, 0.1) is 23.2 Å². The molecule has 0 spiro atoms. The molecule has 2 unspecified atom stereocenters. The number of amides is 5. The molecule has 4 fully saturated rings. The molecule has 12 nitrogen and oxygen atoms in total. The Balaban J connectivity index is 1.57. The van der Waals surface area contributed by atoms with Gasteiger partial charge >= 0.3 is 6.03 Å². The number of hydrogen-bond acceptors (Lipinski definition) is 7. The Morgan fingerprint density at radius 2 is 1.50 bits per heavy atom. The lowest BCUT2D eigenvalue weighted by atomic mass is 9.82. The number of urea groups is 1. The highest BCUT2D eigenvalue weighted by atomic mass is 32.2. The fraction of sp³-hybridized carbons (Fsp3) is 0.865. The largest absolute Gasteiger partial charge is 0.349 e. The van der Waals surface area contributed by atoms with Crippen molar-refractivity contribution < 1.29 is 32.4 Å². The number of hydrogen-bond donors (Lipinski definition) is 4. The van der Waals surface area contributed by atoms with Crippen molar-refractivity contribution in [2.75, 3.05) is 18.8 Å². The average molecular weight is 722 g/mol. The fourth-order valence-electron chi connectivity index (χ4n) is 8.67. The Labute approximate surface area is 299 Å². The van der Waals surface area contributed by atoms with Crippen molar-refractivity contribution in [2.24, 2.45) is 23.2 Å². The van der Waals surface area contributed by atoms with Gasteiger partial charge in [0.05, 0.1) is 22.1 Å². The summed E-state index contributed by atoms with van der Waals surface area (Å²) in [5.74, 6) is -2.53. The van der Waals surface area contributed by atoms with Crippen molar-refractivity contribution in [1.82, 2.24) is 26.2 Å². The van der Waals surface area contributed by atoms with E-state index in [1.54, 1.807) is 25.7 Å². The molecule has 4 aliphatic rings. The van der Waals surface area contributed by atoms with Crippen LogP contribution in [0.1, 0.15) is 132 Å². The average Bonchev–Trinajstić information content (AvgIpc) is 3.36. The summed E-state index contributed by atoms with van der Waals surface area (Å²) >= 11 is 0. The first-order valence-corrected chi connectivity index (χ1v) is 20.8. The maximum Gasteiger partial charge on any atom is 0.315 e. The van der Waals surface area contributed by atoms with E-state index in [-0.39, 0.29) is 34.8 Å². The van der Waals surface area contributed by atoms with E-state index in [1.807, 2.05) is 13.8 Å². The molecule has 0 bridgehead atoms. The highest BCUT2D eigenvalue weighted by Gasteiger charge is 2.69. The SMILES string of the molecule is CCCNC(=O)C(=O)C(CCC)NC(=O)[C@@H]1C2[C@H](CN1C(=O)[C@@H](NC(=O)NC1(CS(=O)(=O)C(C)(C)C)CCCCC1)C1CCCCC1)C2(C)C. The first kappa shape index (κ1) is 40.1. The summed E-state index contributed by atoms with van der Waals surface area (Å²) in [7, 11) is -3.55. The summed E-state index contributed by atoms with van der Waals surface area (Å²) in [5, 5.41) is 11.5. The van der Waals surface area contributed by atoms with Crippen LogP contribution in [0.5, 0.6) is 0 Å². The van der Waals surface area contributed by atoms with Gasteiger partial charge in [-0.1, -0.05) is 72.6 Å². The van der Waals surface area contributed by atoms with Crippen molar-refractivity contribution in [3.8, 4) is 0 Å². The maximum atomic E-state index is 14.7. The molecule has 1 heterocycles. The number of Topliss-reactive ketones (excluding diaryl/α,β-unsaturated/α-hetero) is 1. The van der Waals surface area contributed by atoms with E-state index in [0.29, 0.717) is 45.2 Å². The zero-order valence-corrected chi connectivity index (χ0v) is 32.3. The molecule has 50 heavy (non-hydrogen) atoms. The van der Waals surface area contributed by atoms with Gasteiger partial charge in [0.2, 0.25) is 17.6 Å². The summed E-state index contributed by atoms with van der Waals surface area (Å²) < 4.78 is 25.8. The summed E-state index contributed by atoms with van der Waals surface area (Å²) in [6.07, 6.45) is 9.59. The number of likely N-dealkylation sites (tertiary alicyclic amines) is 1. The van der Waals surface area contributed by atoms with Gasteiger partial charge in [-0.15, -0.1) is 0 Å². The van der Waals surface area contributed by atoms with Gasteiger partial charge in [-0.2, -0.15) is 0 Å². The molecular weight excluding hydrogens is 659 g/mol. The third kappa shape index (κ3) is 8.84. The monoisotopic (exact) mass is 721 g/mol. The van der Waals surface area contributed by atoms with Gasteiger partial charge in [0.1, 0.15) is 12.1 Å². The minimum absolute atomic E-state index is 0.0873. The summed E-state index contributed by atoms with van der Waals surface area (Å²) in [6.45, 7) is 13.7. The van der Waals surface area contributed by atoms with Gasteiger partial charge in [-0.3, -0.25) is 19.2 Å². The molecule has 0 aromatic rings. The molecule has 3 aliphatic carbocycles. The number of ketones is 1. The molecule has 284 valence electrons. The van der Waals surface area contributed by atoms with Gasteiger partial charge < -0.3 is 26.2 Å². The maximum absolute atomic E-state index is 14.7. The number of carbonyl (C=O) groups is 5. The lowest BCUT2D eigenvalue weighted by Gasteiger charge is -2.41. The van der Waals surface area contributed by atoms with Crippen LogP contribution in [0.15, 0.2) is 0 Å². The molecule has 1 saturated heterocycles. The Morgan fingerprint density at radius 1 is 0.880 bits per heavy atom. The van der Waals surface area contributed by atoms with Crippen molar-refractivity contribution in [1.29, 1.82) is 0 Å². The van der Waals surface area contributed by atoms with Crippen LogP contribution >= 0.6 is 0 Å². The standard InChI is InChI=1S/C37H63N5O7S/c1-8-16-26(30(43)32(45)38-21-9-2)39-31(44)29-27-25(36(27,6)7)22-42(29)33(46)28(24-17-12-10-13-18-24)40-34(47)41-37(19-14-11-15-20-37)23-50(48,49)35(3,4)5/h24-29H,8-23H2,1-7H3,(H,38,45)(H,39,44)(H2,40,41,47)/t25-,26?,27?,28-,29-/m0/s1. The number of fused-ring (bicyclic) bond motifs is 1. The van der Waals surface area contributed by atoms with Crippen LogP contribution in [-0.2, 0) is 29.0 Å². The second-order valence-electron chi connectivity index (χ2n) is 17.0. The molecule has 0 aromatic heterocycles. The summed E-state index contributed by atoms with van der Waals surface area (Å²) in [4.78, 5) is 69.9. The van der Waals surface area contributed by atoms with Crippen LogP contribution in [0.3, 0.4) is 0 Å². The normalized spacial score (nSPS) is 25.8. The van der Waals surface area contributed by atoms with E-state index in [4.69, 9.17) is 0 Å². The zero-order chi connectivity index (χ0) is 37.1. The van der Waals surface area contributed by atoms with E-state index in [2.05, 4.69) is 35.1 Å². The molecule has 1 aliphatic heterocycles. The molecule has 5 amide bonds. The summed E-state index contributed by atoms with van der Waals surface area (Å²) in [5.41, 5.74) is -1.11. The zero-order valence-electron chi connectivity index (χ0n) is 31.5. The summed E-state index contributed by atoms with van der Waals surface area (Å²) in [6, 6.07) is -3.29. The fourth-order valence-corrected chi connectivity index (χ4v) is 10.2. The van der Waals surface area contributed by atoms with Crippen LogP contribution in [0.2, 0.25) is 0 Å². The highest BCUT2D eigenvalue weighted by molar-refractivity contribution is 7.92. The smallest absolute Gasteiger partial charge is 0.315 e. The molecule has 0 aromatic carbocycles. The Bertz CT molecular complexity index is 1380. The molecule has 5 atom stereocenters. The predicted molar refractivity (Wildman–Crippen MR) is 193 cm³/mol. The first-order chi connectivity index (χ1) is 23.4.